The number of hydrogen-bond acceptors (Lipinski definition) is 5. The van der Waals surface area contributed by atoms with Crippen molar-refractivity contribution in [2.45, 2.75) is 13.3 Å². The zero-order valence-corrected chi connectivity index (χ0v) is 16.9. The van der Waals surface area contributed by atoms with Crippen molar-refractivity contribution in [1.29, 1.82) is 0 Å². The van der Waals surface area contributed by atoms with E-state index < -0.39 is 34.4 Å². The van der Waals surface area contributed by atoms with E-state index in [4.69, 9.17) is 17.3 Å². The van der Waals surface area contributed by atoms with E-state index in [1.807, 2.05) is 0 Å². The third-order valence-electron chi connectivity index (χ3n) is 3.10. The Morgan fingerprint density at radius 3 is 2.68 bits per heavy atom. The number of carbonyl (C=O) groups is 1. The average molecular weight is 448 g/mol. The van der Waals surface area contributed by atoms with Crippen LogP contribution in [0.25, 0.3) is 0 Å². The van der Waals surface area contributed by atoms with Crippen molar-refractivity contribution in [3.05, 3.63) is 46.9 Å². The zero-order valence-electron chi connectivity index (χ0n) is 13.2. The van der Waals surface area contributed by atoms with Gasteiger partial charge in [0.15, 0.2) is 0 Å². The van der Waals surface area contributed by atoms with Crippen molar-refractivity contribution in [3.63, 3.8) is 0 Å². The van der Waals surface area contributed by atoms with Crippen LogP contribution in [-0.4, -0.2) is 39.7 Å². The van der Waals surface area contributed by atoms with E-state index in [-0.39, 0.29) is 26.5 Å². The minimum absolute atomic E-state index is 0.00625. The number of carbonyl (C=O) groups excluding carboxylic acids is 1. The van der Waals surface area contributed by atoms with Crippen molar-refractivity contribution in [2.75, 3.05) is 16.8 Å². The number of amides is 1. The molecule has 1 heterocycles. The monoisotopic (exact) mass is 447 g/mol. The molecule has 1 aromatic carbocycles. The molecule has 2 aromatic rings. The molecule has 0 aliphatic heterocycles. The predicted molar refractivity (Wildman–Crippen MR) is 98.9 cm³/mol. The summed E-state index contributed by atoms with van der Waals surface area (Å²) in [5.41, 5.74) is 5.39. The molecule has 25 heavy (non-hydrogen) atoms. The Balaban J connectivity index is 2.32. The van der Waals surface area contributed by atoms with Gasteiger partial charge < -0.3 is 0 Å². The van der Waals surface area contributed by atoms with Gasteiger partial charge in [0.05, 0.1) is 0 Å². The molecule has 10 heteroatoms. The van der Waals surface area contributed by atoms with Crippen molar-refractivity contribution < 1.29 is 17.6 Å². The van der Waals surface area contributed by atoms with Crippen molar-refractivity contribution in [1.82, 2.24) is 4.98 Å². The molecule has 3 N–H and O–H groups in total. The summed E-state index contributed by atoms with van der Waals surface area (Å²) in [5.74, 6) is -1.41. The van der Waals surface area contributed by atoms with Crippen LogP contribution in [0.5, 0.6) is 0 Å². The summed E-state index contributed by atoms with van der Waals surface area (Å²) in [5, 5.41) is 2.37. The second-order valence-corrected chi connectivity index (χ2v) is 13.7. The van der Waals surface area contributed by atoms with Gasteiger partial charge in [0, 0.05) is 0 Å². The topological polar surface area (TPSA) is 102 Å². The van der Waals surface area contributed by atoms with Gasteiger partial charge in [-0.25, -0.2) is 0 Å². The van der Waals surface area contributed by atoms with Crippen LogP contribution in [0, 0.1) is 5.82 Å². The zero-order chi connectivity index (χ0) is 18.6. The number of rotatable bonds is 6. The number of halogens is 2. The quantitative estimate of drug-likeness (QED) is 0.654. The first-order valence-corrected chi connectivity index (χ1v) is 12.9. The first-order chi connectivity index (χ1) is 11.7. The Morgan fingerprint density at radius 1 is 1.36 bits per heavy atom. The molecule has 1 atom stereocenters. The van der Waals surface area contributed by atoms with Gasteiger partial charge in [0.2, 0.25) is 0 Å². The Kier molecular flexibility index (Phi) is 6.43. The van der Waals surface area contributed by atoms with E-state index in [2.05, 4.69) is 10.3 Å². The molecule has 1 aromatic heterocycles. The van der Waals surface area contributed by atoms with E-state index in [9.17, 15) is 17.6 Å². The van der Waals surface area contributed by atoms with Gasteiger partial charge in [-0.1, -0.05) is 0 Å². The number of benzene rings is 1. The number of pyridine rings is 1. The number of anilines is 2. The molecule has 0 fully saturated rings. The summed E-state index contributed by atoms with van der Waals surface area (Å²) in [6, 6.07) is 5.65. The van der Waals surface area contributed by atoms with Crippen LogP contribution in [0.3, 0.4) is 0 Å². The van der Waals surface area contributed by atoms with Crippen LogP contribution in [0.4, 0.5) is 15.9 Å². The number of aromatic nitrogens is 1. The molecule has 0 aliphatic rings. The van der Waals surface area contributed by atoms with Crippen LogP contribution in [0.1, 0.15) is 23.7 Å². The van der Waals surface area contributed by atoms with Gasteiger partial charge >= 0.3 is 156 Å². The van der Waals surface area contributed by atoms with Gasteiger partial charge in [0.25, 0.3) is 0 Å². The Bertz CT molecular complexity index is 892. The number of nitrogens with two attached hydrogens (primary N) is 1. The molecule has 0 bridgehead atoms. The van der Waals surface area contributed by atoms with Gasteiger partial charge in [-0.3, -0.25) is 0 Å². The molecule has 0 saturated heterocycles. The van der Waals surface area contributed by atoms with Crippen LogP contribution >= 0.6 is 11.6 Å². The van der Waals surface area contributed by atoms with Gasteiger partial charge in [-0.05, 0) is 0 Å². The molecule has 0 saturated carbocycles. The van der Waals surface area contributed by atoms with Crippen molar-refractivity contribution in [2.24, 2.45) is 0 Å². The van der Waals surface area contributed by atoms with Crippen LogP contribution in [-0.2, 0) is 8.10 Å². The number of nitrogens with zero attached hydrogens (tertiary/aromatic N) is 1. The van der Waals surface area contributed by atoms with Gasteiger partial charge in [0.1, 0.15) is 0 Å². The molecule has 1 amide bonds. The summed E-state index contributed by atoms with van der Waals surface area (Å²) in [7, 11) is -3.34. The van der Waals surface area contributed by atoms with Gasteiger partial charge in [-0.2, -0.15) is 0 Å². The van der Waals surface area contributed by atoms with Crippen LogP contribution in [0.2, 0.25) is 5.02 Å². The maximum atomic E-state index is 14.7. The first kappa shape index (κ1) is 19.7. The van der Waals surface area contributed by atoms with E-state index in [0.29, 0.717) is 12.1 Å². The number of nitrogen functional groups attached to an aromatic ring is 1. The number of nitrogens with one attached hydrogen (secondary N) is 1. The molecule has 134 valence electrons. The van der Waals surface area contributed by atoms with Crippen molar-refractivity contribution in [3.8, 4) is 0 Å². The van der Waals surface area contributed by atoms with Gasteiger partial charge in [-0.15, -0.1) is 0 Å². The summed E-state index contributed by atoms with van der Waals surface area (Å²) in [6.45, 7) is 1.74. The second kappa shape index (κ2) is 8.16. The molecule has 0 radical (unpaired) electrons. The third-order valence-corrected chi connectivity index (χ3v) is 10.3. The normalized spacial score (nSPS) is 11.8. The average Bonchev–Trinajstić information content (AvgIpc) is 2.52. The maximum absolute atomic E-state index is 14.7. The molecule has 2 rings (SSSR count). The minimum atomic E-state index is -3.34. The van der Waals surface area contributed by atoms with E-state index in [1.54, 1.807) is 6.92 Å². The molecule has 6 nitrogen and oxygen atoms in total. The molecule has 0 aliphatic carbocycles. The number of hydrogen-bond donors (Lipinski definition) is 2. The third kappa shape index (κ3) is 5.17. The Labute approximate surface area is 155 Å². The summed E-state index contributed by atoms with van der Waals surface area (Å²) in [4.78, 5) is 16.2. The fourth-order valence-corrected chi connectivity index (χ4v) is 8.83. The molecular formula is C15H16AsClFN3O3S. The van der Waals surface area contributed by atoms with E-state index in [0.717, 1.165) is 0 Å². The fourth-order valence-electron chi connectivity index (χ4n) is 2.00. The second-order valence-electron chi connectivity index (χ2n) is 5.13. The summed E-state index contributed by atoms with van der Waals surface area (Å²) >= 11 is 4.15. The first-order valence-electron chi connectivity index (χ1n) is 7.25. The van der Waals surface area contributed by atoms with E-state index in [1.165, 1.54) is 30.5 Å². The van der Waals surface area contributed by atoms with Crippen molar-refractivity contribution >= 4 is 56.1 Å². The molecule has 0 spiro atoms. The molecular weight excluding hydrogens is 432 g/mol. The standard InChI is InChI=1S/C15H16AsClFN3O3S/c1-2-7-25(23,24)16-10-4-5-11(17)13(14(10)18)15(22)21-9-3-6-12(19)20-8-9/h3-6,8,16H,2,7H2,1H3,(H2,19,20)(H,21,22). The Morgan fingerprint density at radius 2 is 2.08 bits per heavy atom. The molecule has 1 unspecified atom stereocenters. The van der Waals surface area contributed by atoms with Crippen LogP contribution in [0.15, 0.2) is 30.5 Å². The predicted octanol–water partition coefficient (Wildman–Crippen LogP) is 1.51. The summed E-state index contributed by atoms with van der Waals surface area (Å²) in [6.07, 6.45) is 1.78. The summed E-state index contributed by atoms with van der Waals surface area (Å²) < 4.78 is 38.7. The van der Waals surface area contributed by atoms with E-state index >= 15 is 0 Å². The SMILES string of the molecule is CCCS(=O)(=O)[AsH]c1ccc(Cl)c(C(=O)Nc2ccc(N)nc2)c1F. The Hall–Kier alpha value is -1.63. The fraction of sp³-hybridized carbons (Fsp3) is 0.200. The van der Waals surface area contributed by atoms with Crippen LogP contribution < -0.4 is 15.4 Å².